The molecule has 0 fully saturated rings. The van der Waals surface area contributed by atoms with Gasteiger partial charge in [0.2, 0.25) is 0 Å². The van der Waals surface area contributed by atoms with E-state index >= 15 is 0 Å². The summed E-state index contributed by atoms with van der Waals surface area (Å²) in [7, 11) is 0. The van der Waals surface area contributed by atoms with Gasteiger partial charge >= 0.3 is 6.18 Å². The molecule has 0 atom stereocenters. The molecule has 2 aromatic carbocycles. The molecule has 0 spiro atoms. The number of ether oxygens (including phenoxy) is 1. The molecule has 0 aliphatic heterocycles. The van der Waals surface area contributed by atoms with E-state index in [1.807, 2.05) is 0 Å². The average molecular weight is 449 g/mol. The van der Waals surface area contributed by atoms with Crippen molar-refractivity contribution in [3.8, 4) is 16.3 Å². The van der Waals surface area contributed by atoms with Crippen LogP contribution in [0.5, 0.6) is 5.75 Å². The minimum absolute atomic E-state index is 0.0916. The summed E-state index contributed by atoms with van der Waals surface area (Å²) in [4.78, 5) is 28.0. The van der Waals surface area contributed by atoms with Gasteiger partial charge in [-0.2, -0.15) is 13.2 Å². The number of amides is 2. The number of hydrogen-bond acceptors (Lipinski definition) is 5. The van der Waals surface area contributed by atoms with Gasteiger partial charge in [-0.3, -0.25) is 9.59 Å². The molecule has 0 saturated heterocycles. The third-order valence-electron chi connectivity index (χ3n) is 4.03. The van der Waals surface area contributed by atoms with Crippen molar-refractivity contribution in [2.45, 2.75) is 13.1 Å². The van der Waals surface area contributed by atoms with E-state index in [1.54, 1.807) is 31.2 Å². The molecular weight excluding hydrogens is 431 g/mol. The highest BCUT2D eigenvalue weighted by molar-refractivity contribution is 7.13. The fourth-order valence-corrected chi connectivity index (χ4v) is 3.36. The highest BCUT2D eigenvalue weighted by atomic mass is 32.1. The number of aromatic nitrogens is 1. The number of halogens is 3. The lowest BCUT2D eigenvalue weighted by Crippen LogP contribution is -2.28. The van der Waals surface area contributed by atoms with Crippen LogP contribution in [0.4, 0.5) is 18.9 Å². The van der Waals surface area contributed by atoms with E-state index < -0.39 is 17.6 Å². The molecule has 1 aromatic heterocycles. The quantitative estimate of drug-likeness (QED) is 0.553. The Morgan fingerprint density at radius 2 is 1.87 bits per heavy atom. The second-order valence-electron chi connectivity index (χ2n) is 6.34. The van der Waals surface area contributed by atoms with Gasteiger partial charge in [-0.25, -0.2) is 4.98 Å². The topological polar surface area (TPSA) is 80.3 Å². The lowest BCUT2D eigenvalue weighted by Gasteiger charge is -2.08. The molecule has 162 valence electrons. The number of rotatable bonds is 7. The Morgan fingerprint density at radius 1 is 1.13 bits per heavy atom. The zero-order valence-corrected chi connectivity index (χ0v) is 17.1. The zero-order valence-electron chi connectivity index (χ0n) is 16.3. The lowest BCUT2D eigenvalue weighted by atomic mass is 10.1. The third-order valence-corrected chi connectivity index (χ3v) is 4.92. The van der Waals surface area contributed by atoms with Gasteiger partial charge < -0.3 is 15.4 Å². The normalized spacial score (nSPS) is 11.1. The number of benzene rings is 2. The van der Waals surface area contributed by atoms with E-state index in [1.165, 1.54) is 17.5 Å². The molecule has 0 bridgehead atoms. The first-order valence-corrected chi connectivity index (χ1v) is 10.1. The fourth-order valence-electron chi connectivity index (χ4n) is 2.57. The first-order valence-electron chi connectivity index (χ1n) is 9.20. The van der Waals surface area contributed by atoms with Crippen molar-refractivity contribution in [1.82, 2.24) is 10.3 Å². The van der Waals surface area contributed by atoms with Gasteiger partial charge in [0.25, 0.3) is 11.8 Å². The molecule has 3 aromatic rings. The summed E-state index contributed by atoms with van der Waals surface area (Å²) in [6.45, 7) is 2.20. The third kappa shape index (κ3) is 6.05. The van der Waals surface area contributed by atoms with Crippen LogP contribution in [0.2, 0.25) is 0 Å². The number of hydrogen-bond donors (Lipinski definition) is 2. The fraction of sp³-hybridized carbons (Fsp3) is 0.190. The number of nitrogens with one attached hydrogen (secondary N) is 2. The SMILES string of the molecule is CCNC(=O)COc1ccc(NC(=O)c2csc(-c3cccc(C(F)(F)F)c3)n2)cc1. The molecular formula is C21H18F3N3O3S. The van der Waals surface area contributed by atoms with Crippen molar-refractivity contribution in [2.24, 2.45) is 0 Å². The summed E-state index contributed by atoms with van der Waals surface area (Å²) >= 11 is 1.08. The van der Waals surface area contributed by atoms with Gasteiger partial charge in [0, 0.05) is 23.2 Å². The first-order chi connectivity index (χ1) is 14.8. The van der Waals surface area contributed by atoms with Crippen LogP contribution in [0, 0.1) is 0 Å². The standard InChI is InChI=1S/C21H18F3N3O3S/c1-2-25-18(28)11-30-16-8-6-15(7-9-16)26-19(29)17-12-31-20(27-17)13-4-3-5-14(10-13)21(22,23)24/h3-10,12H,2,11H2,1H3,(H,25,28)(H,26,29). The monoisotopic (exact) mass is 449 g/mol. The Bertz CT molecular complexity index is 1070. The van der Waals surface area contributed by atoms with E-state index in [0.29, 0.717) is 23.0 Å². The smallest absolute Gasteiger partial charge is 0.416 e. The minimum atomic E-state index is -4.46. The summed E-state index contributed by atoms with van der Waals surface area (Å²) in [5, 5.41) is 7.07. The molecule has 0 saturated carbocycles. The minimum Gasteiger partial charge on any atom is -0.484 e. The van der Waals surface area contributed by atoms with Crippen molar-refractivity contribution in [2.75, 3.05) is 18.5 Å². The van der Waals surface area contributed by atoms with Gasteiger partial charge in [-0.05, 0) is 43.3 Å². The molecule has 1 heterocycles. The second-order valence-corrected chi connectivity index (χ2v) is 7.20. The number of nitrogens with zero attached hydrogens (tertiary/aromatic N) is 1. The zero-order chi connectivity index (χ0) is 22.4. The summed E-state index contributed by atoms with van der Waals surface area (Å²) in [6, 6.07) is 11.2. The molecule has 0 unspecified atom stereocenters. The Morgan fingerprint density at radius 3 is 2.55 bits per heavy atom. The van der Waals surface area contributed by atoms with Gasteiger partial charge in [0.15, 0.2) is 6.61 Å². The van der Waals surface area contributed by atoms with Gasteiger partial charge in [0.1, 0.15) is 16.5 Å². The molecule has 6 nitrogen and oxygen atoms in total. The molecule has 0 aliphatic rings. The predicted molar refractivity (Wildman–Crippen MR) is 111 cm³/mol. The van der Waals surface area contributed by atoms with Gasteiger partial charge in [-0.15, -0.1) is 11.3 Å². The summed E-state index contributed by atoms with van der Waals surface area (Å²) in [6.07, 6.45) is -4.46. The summed E-state index contributed by atoms with van der Waals surface area (Å²) < 4.78 is 44.0. The number of carbonyl (C=O) groups is 2. The van der Waals surface area contributed by atoms with Crippen molar-refractivity contribution < 1.29 is 27.5 Å². The Labute approximate surface area is 180 Å². The number of alkyl halides is 3. The Hall–Kier alpha value is -3.40. The maximum Gasteiger partial charge on any atom is 0.416 e. The predicted octanol–water partition coefficient (Wildman–Crippen LogP) is 4.60. The molecule has 2 N–H and O–H groups in total. The Kier molecular flexibility index (Phi) is 6.91. The number of carbonyl (C=O) groups excluding carboxylic acids is 2. The summed E-state index contributed by atoms with van der Waals surface area (Å²) in [5.74, 6) is -0.268. The van der Waals surface area contributed by atoms with Crippen LogP contribution in [-0.2, 0) is 11.0 Å². The van der Waals surface area contributed by atoms with Crippen LogP contribution in [0.15, 0.2) is 53.9 Å². The van der Waals surface area contributed by atoms with Gasteiger partial charge in [0.05, 0.1) is 5.56 Å². The average Bonchev–Trinajstić information content (AvgIpc) is 3.23. The van der Waals surface area contributed by atoms with E-state index in [9.17, 15) is 22.8 Å². The number of thiazole rings is 1. The Balaban J connectivity index is 1.63. The second kappa shape index (κ2) is 9.61. The molecule has 0 radical (unpaired) electrons. The van der Waals surface area contributed by atoms with Crippen LogP contribution in [0.3, 0.4) is 0 Å². The van der Waals surface area contributed by atoms with Crippen LogP contribution in [0.25, 0.3) is 10.6 Å². The molecule has 0 aliphatic carbocycles. The van der Waals surface area contributed by atoms with Crippen LogP contribution < -0.4 is 15.4 Å². The molecule has 2 amide bonds. The molecule has 31 heavy (non-hydrogen) atoms. The highest BCUT2D eigenvalue weighted by Gasteiger charge is 2.30. The maximum absolute atomic E-state index is 12.9. The largest absolute Gasteiger partial charge is 0.484 e. The lowest BCUT2D eigenvalue weighted by molar-refractivity contribution is -0.137. The van der Waals surface area contributed by atoms with Crippen LogP contribution >= 0.6 is 11.3 Å². The maximum atomic E-state index is 12.9. The van der Waals surface area contributed by atoms with Crippen molar-refractivity contribution in [1.29, 1.82) is 0 Å². The van der Waals surface area contributed by atoms with Crippen molar-refractivity contribution >= 4 is 28.8 Å². The van der Waals surface area contributed by atoms with Gasteiger partial charge in [-0.1, -0.05) is 12.1 Å². The van der Waals surface area contributed by atoms with E-state index in [-0.39, 0.29) is 23.8 Å². The van der Waals surface area contributed by atoms with Crippen molar-refractivity contribution in [3.63, 3.8) is 0 Å². The van der Waals surface area contributed by atoms with Crippen molar-refractivity contribution in [3.05, 3.63) is 65.2 Å². The molecule has 3 rings (SSSR count). The van der Waals surface area contributed by atoms with E-state index in [2.05, 4.69) is 15.6 Å². The number of likely N-dealkylation sites (N-methyl/N-ethyl adjacent to an activating group) is 1. The highest BCUT2D eigenvalue weighted by Crippen LogP contribution is 2.33. The summed E-state index contributed by atoms with van der Waals surface area (Å²) in [5.41, 5.74) is 0.0751. The van der Waals surface area contributed by atoms with E-state index in [0.717, 1.165) is 23.5 Å². The first kappa shape index (κ1) is 22.3. The number of anilines is 1. The molecule has 10 heteroatoms. The van der Waals surface area contributed by atoms with E-state index in [4.69, 9.17) is 4.74 Å². The van der Waals surface area contributed by atoms with Crippen LogP contribution in [0.1, 0.15) is 23.0 Å². The van der Waals surface area contributed by atoms with Crippen LogP contribution in [-0.4, -0.2) is 29.9 Å².